The Hall–Kier alpha value is -1.77. The Morgan fingerprint density at radius 2 is 1.96 bits per heavy atom. The highest BCUT2D eigenvalue weighted by Gasteiger charge is 2.35. The van der Waals surface area contributed by atoms with Crippen LogP contribution >= 0.6 is 23.2 Å². The van der Waals surface area contributed by atoms with Gasteiger partial charge in [0.1, 0.15) is 5.02 Å². The van der Waals surface area contributed by atoms with Crippen molar-refractivity contribution in [3.63, 3.8) is 0 Å². The number of aryl methyl sites for hydroxylation is 1. The van der Waals surface area contributed by atoms with E-state index in [1.165, 1.54) is 11.1 Å². The molecule has 2 aromatic rings. The summed E-state index contributed by atoms with van der Waals surface area (Å²) in [6.07, 6.45) is -2.78. The van der Waals surface area contributed by atoms with E-state index >= 15 is 0 Å². The van der Waals surface area contributed by atoms with E-state index in [-0.39, 0.29) is 17.6 Å². The Morgan fingerprint density at radius 1 is 1.25 bits per heavy atom. The molecule has 0 amide bonds. The van der Waals surface area contributed by atoms with Crippen LogP contribution in [0.25, 0.3) is 5.69 Å². The second-order valence-electron chi connectivity index (χ2n) is 6.87. The lowest BCUT2D eigenvalue weighted by Crippen LogP contribution is -2.54. The van der Waals surface area contributed by atoms with Gasteiger partial charge in [-0.2, -0.15) is 23.0 Å². The minimum absolute atomic E-state index is 0.0248. The van der Waals surface area contributed by atoms with E-state index in [1.54, 1.807) is 30.0 Å². The molecule has 0 aliphatic carbocycles. The van der Waals surface area contributed by atoms with Gasteiger partial charge in [0.05, 0.1) is 24.1 Å². The number of piperazine rings is 1. The molecule has 28 heavy (non-hydrogen) atoms. The van der Waals surface area contributed by atoms with Crippen molar-refractivity contribution >= 4 is 28.9 Å². The molecule has 1 unspecified atom stereocenters. The summed E-state index contributed by atoms with van der Waals surface area (Å²) in [7, 11) is 0. The molecule has 152 valence electrons. The second-order valence-corrected chi connectivity index (χ2v) is 7.66. The highest BCUT2D eigenvalue weighted by molar-refractivity contribution is 6.33. The molecule has 1 saturated heterocycles. The van der Waals surface area contributed by atoms with Crippen molar-refractivity contribution in [2.45, 2.75) is 26.1 Å². The van der Waals surface area contributed by atoms with Crippen LogP contribution in [0.1, 0.15) is 12.5 Å². The van der Waals surface area contributed by atoms with Crippen LogP contribution in [0.4, 0.5) is 18.9 Å². The number of hydrogen-bond acceptors (Lipinski definition) is 4. The molecule has 10 heteroatoms. The van der Waals surface area contributed by atoms with E-state index in [0.29, 0.717) is 29.5 Å². The summed E-state index contributed by atoms with van der Waals surface area (Å²) in [6.45, 7) is 3.46. The summed E-state index contributed by atoms with van der Waals surface area (Å²) in [4.78, 5) is 15.9. The van der Waals surface area contributed by atoms with Crippen LogP contribution in [0.15, 0.2) is 29.2 Å². The molecule has 1 atom stereocenters. The molecule has 0 N–H and O–H groups in total. The molecule has 1 aliphatic rings. The van der Waals surface area contributed by atoms with Crippen LogP contribution in [0.2, 0.25) is 10.0 Å². The first-order valence-electron chi connectivity index (χ1n) is 8.67. The van der Waals surface area contributed by atoms with E-state index in [1.807, 2.05) is 6.92 Å². The van der Waals surface area contributed by atoms with Gasteiger partial charge in [0, 0.05) is 30.7 Å². The van der Waals surface area contributed by atoms with Crippen LogP contribution in [0.5, 0.6) is 0 Å². The molecule has 0 radical (unpaired) electrons. The third-order valence-electron chi connectivity index (χ3n) is 4.79. The van der Waals surface area contributed by atoms with Crippen LogP contribution in [-0.4, -0.2) is 53.1 Å². The van der Waals surface area contributed by atoms with Gasteiger partial charge in [-0.1, -0.05) is 29.3 Å². The lowest BCUT2D eigenvalue weighted by molar-refractivity contribution is -0.150. The van der Waals surface area contributed by atoms with Gasteiger partial charge in [0.2, 0.25) is 0 Å². The number of halogens is 5. The van der Waals surface area contributed by atoms with Crippen molar-refractivity contribution in [2.24, 2.45) is 0 Å². The Labute approximate surface area is 170 Å². The second kappa shape index (κ2) is 7.93. The number of benzene rings is 1. The Bertz CT molecular complexity index is 932. The monoisotopic (exact) mass is 434 g/mol. The molecular weight excluding hydrogens is 416 g/mol. The number of rotatable bonds is 3. The van der Waals surface area contributed by atoms with Gasteiger partial charge in [-0.25, -0.2) is 0 Å². The van der Waals surface area contributed by atoms with Crippen molar-refractivity contribution in [1.29, 1.82) is 0 Å². The van der Waals surface area contributed by atoms with Crippen molar-refractivity contribution < 1.29 is 13.2 Å². The third-order valence-corrected chi connectivity index (χ3v) is 5.55. The summed E-state index contributed by atoms with van der Waals surface area (Å²) in [5.41, 5.74) is 1.26. The van der Waals surface area contributed by atoms with E-state index < -0.39 is 18.3 Å². The summed E-state index contributed by atoms with van der Waals surface area (Å²) >= 11 is 12.4. The number of nitrogens with zero attached hydrogens (tertiary/aromatic N) is 4. The minimum Gasteiger partial charge on any atom is -0.366 e. The molecule has 1 aromatic carbocycles. The first-order chi connectivity index (χ1) is 13.1. The third kappa shape index (κ3) is 4.45. The minimum atomic E-state index is -4.24. The Balaban J connectivity index is 1.84. The Kier molecular flexibility index (Phi) is 5.93. The van der Waals surface area contributed by atoms with Crippen LogP contribution in [-0.2, 0) is 0 Å². The van der Waals surface area contributed by atoms with Crippen LogP contribution in [0.3, 0.4) is 0 Å². The van der Waals surface area contributed by atoms with Gasteiger partial charge in [-0.3, -0.25) is 9.69 Å². The van der Waals surface area contributed by atoms with Crippen LogP contribution < -0.4 is 10.5 Å². The molecule has 1 fully saturated rings. The number of aromatic nitrogens is 2. The zero-order valence-corrected chi connectivity index (χ0v) is 16.8. The topological polar surface area (TPSA) is 41.4 Å². The summed E-state index contributed by atoms with van der Waals surface area (Å²) in [6, 6.07) is 4.77. The van der Waals surface area contributed by atoms with E-state index in [4.69, 9.17) is 23.2 Å². The van der Waals surface area contributed by atoms with Crippen molar-refractivity contribution in [1.82, 2.24) is 14.7 Å². The first-order valence-corrected chi connectivity index (χ1v) is 9.42. The van der Waals surface area contributed by atoms with Crippen molar-refractivity contribution in [3.8, 4) is 5.69 Å². The quantitative estimate of drug-likeness (QED) is 0.733. The summed E-state index contributed by atoms with van der Waals surface area (Å²) in [5.74, 6) is 0. The number of alkyl halides is 3. The first kappa shape index (κ1) is 21.0. The maximum Gasteiger partial charge on any atom is 0.401 e. The smallest absolute Gasteiger partial charge is 0.366 e. The standard InChI is InChI=1S/C18H19Cl2F3N4O/c1-11-3-4-13(7-14(11)19)27-17(28)16(20)15(8-24-27)25-5-6-26(12(2)9-25)10-18(21,22)23/h3-4,7-8,12H,5-6,9-10H2,1-2H3. The summed E-state index contributed by atoms with van der Waals surface area (Å²) in [5, 5.41) is 4.66. The SMILES string of the molecule is Cc1ccc(-n2ncc(N3CCN(CC(F)(F)F)C(C)C3)c(Cl)c2=O)cc1Cl. The zero-order valence-electron chi connectivity index (χ0n) is 15.3. The fourth-order valence-electron chi connectivity index (χ4n) is 3.22. The normalized spacial score (nSPS) is 18.5. The Morgan fingerprint density at radius 3 is 2.57 bits per heavy atom. The average molecular weight is 435 g/mol. The highest BCUT2D eigenvalue weighted by atomic mass is 35.5. The van der Waals surface area contributed by atoms with Gasteiger partial charge in [0.25, 0.3) is 5.56 Å². The van der Waals surface area contributed by atoms with Gasteiger partial charge in [-0.05, 0) is 31.5 Å². The molecule has 2 heterocycles. The lowest BCUT2D eigenvalue weighted by Gasteiger charge is -2.41. The number of anilines is 1. The van der Waals surface area contributed by atoms with Crippen molar-refractivity contribution in [2.75, 3.05) is 31.1 Å². The maximum absolute atomic E-state index is 12.7. The van der Waals surface area contributed by atoms with Gasteiger partial charge in [0.15, 0.2) is 0 Å². The lowest BCUT2D eigenvalue weighted by atomic mass is 10.1. The largest absolute Gasteiger partial charge is 0.401 e. The zero-order chi connectivity index (χ0) is 20.6. The van der Waals surface area contributed by atoms with Gasteiger partial charge < -0.3 is 4.90 Å². The van der Waals surface area contributed by atoms with E-state index in [2.05, 4.69) is 5.10 Å². The molecular formula is C18H19Cl2F3N4O. The summed E-state index contributed by atoms with van der Waals surface area (Å²) < 4.78 is 39.2. The molecule has 3 rings (SSSR count). The predicted octanol–water partition coefficient (Wildman–Crippen LogP) is 3.92. The average Bonchev–Trinajstić information content (AvgIpc) is 2.61. The molecule has 5 nitrogen and oxygen atoms in total. The molecule has 0 spiro atoms. The van der Waals surface area contributed by atoms with Crippen LogP contribution in [0, 0.1) is 6.92 Å². The van der Waals surface area contributed by atoms with Crippen molar-refractivity contribution in [3.05, 3.63) is 50.4 Å². The predicted molar refractivity (Wildman–Crippen MR) is 104 cm³/mol. The van der Waals surface area contributed by atoms with Gasteiger partial charge in [-0.15, -0.1) is 0 Å². The van der Waals surface area contributed by atoms with E-state index in [0.717, 1.165) is 10.2 Å². The highest BCUT2D eigenvalue weighted by Crippen LogP contribution is 2.27. The molecule has 1 aliphatic heterocycles. The maximum atomic E-state index is 12.7. The number of hydrogen-bond donors (Lipinski definition) is 0. The van der Waals surface area contributed by atoms with E-state index in [9.17, 15) is 18.0 Å². The van der Waals surface area contributed by atoms with Gasteiger partial charge >= 0.3 is 6.18 Å². The molecule has 1 aromatic heterocycles. The molecule has 0 saturated carbocycles. The fourth-order valence-corrected chi connectivity index (χ4v) is 3.64. The fraction of sp³-hybridized carbons (Fsp3) is 0.444. The molecule has 0 bridgehead atoms.